The van der Waals surface area contributed by atoms with Crippen LogP contribution in [0.2, 0.25) is 10.0 Å². The lowest BCUT2D eigenvalue weighted by atomic mass is 10.1. The highest BCUT2D eigenvalue weighted by molar-refractivity contribution is 6.33. The molecule has 0 aromatic heterocycles. The maximum absolute atomic E-state index is 12.2. The lowest BCUT2D eigenvalue weighted by molar-refractivity contribution is 0.0955. The van der Waals surface area contributed by atoms with Gasteiger partial charge < -0.3 is 9.47 Å². The fraction of sp³-hybridized carbons (Fsp3) is 0.130. The van der Waals surface area contributed by atoms with Gasteiger partial charge in [0.15, 0.2) is 11.5 Å². The molecule has 30 heavy (non-hydrogen) atoms. The summed E-state index contributed by atoms with van der Waals surface area (Å²) in [5.74, 6) is 0.770. The van der Waals surface area contributed by atoms with E-state index in [4.69, 9.17) is 32.7 Å². The van der Waals surface area contributed by atoms with Gasteiger partial charge in [-0.3, -0.25) is 4.79 Å². The molecule has 1 amide bonds. The summed E-state index contributed by atoms with van der Waals surface area (Å²) < 4.78 is 11.2. The van der Waals surface area contributed by atoms with Crippen molar-refractivity contribution in [2.24, 2.45) is 5.10 Å². The first-order valence-corrected chi connectivity index (χ1v) is 9.86. The zero-order valence-corrected chi connectivity index (χ0v) is 18.0. The number of amides is 1. The molecule has 0 spiro atoms. The van der Waals surface area contributed by atoms with Crippen LogP contribution in [-0.2, 0) is 6.61 Å². The number of hydrogen-bond acceptors (Lipinski definition) is 4. The van der Waals surface area contributed by atoms with Crippen LogP contribution in [0.1, 0.15) is 27.0 Å². The molecule has 0 saturated carbocycles. The molecule has 0 aliphatic rings. The van der Waals surface area contributed by atoms with Crippen LogP contribution in [0.3, 0.4) is 0 Å². The number of benzene rings is 3. The zero-order valence-electron chi connectivity index (χ0n) is 16.5. The number of nitrogens with one attached hydrogen (secondary N) is 1. The highest BCUT2D eigenvalue weighted by Gasteiger charge is 2.09. The van der Waals surface area contributed by atoms with E-state index in [0.29, 0.717) is 33.7 Å². The Morgan fingerprint density at radius 3 is 2.50 bits per heavy atom. The lowest BCUT2D eigenvalue weighted by Gasteiger charge is -2.11. The number of nitrogens with zero attached hydrogens (tertiary/aromatic N) is 1. The van der Waals surface area contributed by atoms with Gasteiger partial charge in [0.2, 0.25) is 0 Å². The van der Waals surface area contributed by atoms with Gasteiger partial charge in [-0.05, 0) is 66.1 Å². The molecule has 3 aromatic carbocycles. The molecule has 0 heterocycles. The Balaban J connectivity index is 1.63. The Labute approximate surface area is 185 Å². The molecule has 0 aliphatic heterocycles. The van der Waals surface area contributed by atoms with Crippen LogP contribution in [0, 0.1) is 6.92 Å². The minimum atomic E-state index is -0.383. The Bertz CT molecular complexity index is 1070. The Kier molecular flexibility index (Phi) is 7.33. The quantitative estimate of drug-likeness (QED) is 0.379. The van der Waals surface area contributed by atoms with Crippen molar-refractivity contribution < 1.29 is 14.3 Å². The second-order valence-corrected chi connectivity index (χ2v) is 7.35. The van der Waals surface area contributed by atoms with E-state index in [-0.39, 0.29) is 5.91 Å². The summed E-state index contributed by atoms with van der Waals surface area (Å²) in [4.78, 5) is 12.2. The minimum Gasteiger partial charge on any atom is -0.493 e. The molecule has 0 unspecified atom stereocenters. The van der Waals surface area contributed by atoms with Crippen LogP contribution in [-0.4, -0.2) is 19.2 Å². The van der Waals surface area contributed by atoms with Crippen LogP contribution in [0.25, 0.3) is 0 Å². The van der Waals surface area contributed by atoms with Gasteiger partial charge in [0.25, 0.3) is 5.91 Å². The molecule has 3 aromatic rings. The molecule has 154 valence electrons. The Morgan fingerprint density at radius 2 is 1.80 bits per heavy atom. The average molecular weight is 443 g/mol. The maximum Gasteiger partial charge on any atom is 0.272 e. The van der Waals surface area contributed by atoms with E-state index < -0.39 is 0 Å². The Hall–Kier alpha value is -3.02. The SMILES string of the molecule is COc1cc(/C=N\NC(=O)c2ccc(C)cc2Cl)ccc1OCc1ccc(Cl)cc1. The number of halogens is 2. The maximum atomic E-state index is 12.2. The van der Waals surface area contributed by atoms with Gasteiger partial charge in [-0.25, -0.2) is 5.43 Å². The van der Waals surface area contributed by atoms with E-state index >= 15 is 0 Å². The number of aryl methyl sites for hydroxylation is 1. The summed E-state index contributed by atoms with van der Waals surface area (Å²) in [6.07, 6.45) is 1.52. The third kappa shape index (κ3) is 5.75. The lowest BCUT2D eigenvalue weighted by Crippen LogP contribution is -2.18. The van der Waals surface area contributed by atoms with Crippen molar-refractivity contribution in [2.75, 3.05) is 7.11 Å². The number of carbonyl (C=O) groups is 1. The normalized spacial score (nSPS) is 10.8. The van der Waals surface area contributed by atoms with E-state index in [1.54, 1.807) is 31.4 Å². The van der Waals surface area contributed by atoms with Crippen molar-refractivity contribution in [3.05, 3.63) is 93.0 Å². The number of hydrazone groups is 1. The fourth-order valence-electron chi connectivity index (χ4n) is 2.66. The van der Waals surface area contributed by atoms with E-state index in [0.717, 1.165) is 16.7 Å². The topological polar surface area (TPSA) is 59.9 Å². The van der Waals surface area contributed by atoms with Crippen LogP contribution in [0.5, 0.6) is 11.5 Å². The average Bonchev–Trinajstić information content (AvgIpc) is 2.73. The van der Waals surface area contributed by atoms with Gasteiger partial charge in [-0.15, -0.1) is 0 Å². The van der Waals surface area contributed by atoms with Crippen molar-refractivity contribution in [1.29, 1.82) is 0 Å². The van der Waals surface area contributed by atoms with Crippen molar-refractivity contribution in [3.8, 4) is 11.5 Å². The molecule has 0 atom stereocenters. The molecule has 0 saturated heterocycles. The molecular weight excluding hydrogens is 423 g/mol. The van der Waals surface area contributed by atoms with Gasteiger partial charge in [0, 0.05) is 5.02 Å². The van der Waals surface area contributed by atoms with E-state index in [1.165, 1.54) is 6.21 Å². The van der Waals surface area contributed by atoms with E-state index in [9.17, 15) is 4.79 Å². The summed E-state index contributed by atoms with van der Waals surface area (Å²) in [6, 6.07) is 18.0. The fourth-order valence-corrected chi connectivity index (χ4v) is 3.10. The van der Waals surface area contributed by atoms with Crippen molar-refractivity contribution in [3.63, 3.8) is 0 Å². The van der Waals surface area contributed by atoms with Crippen molar-refractivity contribution >= 4 is 35.3 Å². The number of rotatable bonds is 7. The smallest absolute Gasteiger partial charge is 0.272 e. The van der Waals surface area contributed by atoms with Gasteiger partial charge in [0.05, 0.1) is 23.9 Å². The van der Waals surface area contributed by atoms with Crippen LogP contribution < -0.4 is 14.9 Å². The molecule has 0 bridgehead atoms. The number of carbonyl (C=O) groups excluding carboxylic acids is 1. The number of hydrogen-bond donors (Lipinski definition) is 1. The summed E-state index contributed by atoms with van der Waals surface area (Å²) >= 11 is 12.0. The van der Waals surface area contributed by atoms with Crippen molar-refractivity contribution in [1.82, 2.24) is 5.43 Å². The van der Waals surface area contributed by atoms with Gasteiger partial charge in [-0.2, -0.15) is 5.10 Å². The second-order valence-electron chi connectivity index (χ2n) is 6.51. The molecule has 1 N–H and O–H groups in total. The molecule has 7 heteroatoms. The summed E-state index contributed by atoms with van der Waals surface area (Å²) in [5.41, 5.74) is 5.54. The van der Waals surface area contributed by atoms with Gasteiger partial charge >= 0.3 is 0 Å². The first-order valence-electron chi connectivity index (χ1n) is 9.11. The minimum absolute atomic E-state index is 0.364. The van der Waals surface area contributed by atoms with Crippen LogP contribution >= 0.6 is 23.2 Å². The predicted octanol–water partition coefficient (Wildman–Crippen LogP) is 5.65. The molecular formula is C23H20Cl2N2O3. The summed E-state index contributed by atoms with van der Waals surface area (Å²) in [6.45, 7) is 2.29. The second kappa shape index (κ2) is 10.1. The number of methoxy groups -OCH3 is 1. The van der Waals surface area contributed by atoms with E-state index in [2.05, 4.69) is 10.5 Å². The highest BCUT2D eigenvalue weighted by atomic mass is 35.5. The molecule has 3 rings (SSSR count). The highest BCUT2D eigenvalue weighted by Crippen LogP contribution is 2.28. The molecule has 0 aliphatic carbocycles. The Morgan fingerprint density at radius 1 is 1.03 bits per heavy atom. The number of ether oxygens (including phenoxy) is 2. The van der Waals surface area contributed by atoms with Gasteiger partial charge in [-0.1, -0.05) is 41.4 Å². The van der Waals surface area contributed by atoms with Crippen LogP contribution in [0.15, 0.2) is 65.8 Å². The molecule has 0 fully saturated rings. The molecule has 0 radical (unpaired) electrons. The third-order valence-electron chi connectivity index (χ3n) is 4.24. The monoisotopic (exact) mass is 442 g/mol. The first kappa shape index (κ1) is 21.7. The zero-order chi connectivity index (χ0) is 21.5. The largest absolute Gasteiger partial charge is 0.493 e. The van der Waals surface area contributed by atoms with E-state index in [1.807, 2.05) is 43.3 Å². The van der Waals surface area contributed by atoms with Gasteiger partial charge in [0.1, 0.15) is 6.61 Å². The standard InChI is InChI=1S/C23H20Cl2N2O3/c1-15-3-9-19(20(25)11-15)23(28)27-26-13-17-6-10-21(22(12-17)29-2)30-14-16-4-7-18(24)8-5-16/h3-13H,14H2,1-2H3,(H,27,28)/b26-13-. The predicted molar refractivity (Wildman–Crippen MR) is 120 cm³/mol. The first-order chi connectivity index (χ1) is 14.5. The van der Waals surface area contributed by atoms with Crippen molar-refractivity contribution in [2.45, 2.75) is 13.5 Å². The molecule has 5 nitrogen and oxygen atoms in total. The summed E-state index contributed by atoms with van der Waals surface area (Å²) in [7, 11) is 1.56. The third-order valence-corrected chi connectivity index (χ3v) is 4.81. The summed E-state index contributed by atoms with van der Waals surface area (Å²) in [5, 5.41) is 5.05. The van der Waals surface area contributed by atoms with Crippen LogP contribution in [0.4, 0.5) is 0 Å².